The van der Waals surface area contributed by atoms with Crippen LogP contribution in [0, 0.1) is 11.3 Å². The van der Waals surface area contributed by atoms with Crippen molar-refractivity contribution in [2.75, 3.05) is 0 Å². The van der Waals surface area contributed by atoms with Gasteiger partial charge in [0.1, 0.15) is 0 Å². The number of carbonyl (C=O) groups is 1. The van der Waals surface area contributed by atoms with E-state index in [0.717, 1.165) is 19.3 Å². The molecule has 2 N–H and O–H groups in total. The first-order valence-corrected chi connectivity index (χ1v) is 4.06. The van der Waals surface area contributed by atoms with Gasteiger partial charge in [0.05, 0.1) is 5.92 Å². The van der Waals surface area contributed by atoms with Crippen molar-refractivity contribution in [2.24, 2.45) is 5.92 Å². The summed E-state index contributed by atoms with van der Waals surface area (Å²) in [6.07, 6.45) is 5.92. The van der Waals surface area contributed by atoms with Crippen molar-refractivity contribution < 1.29 is 9.90 Å². The number of nitrogens with one attached hydrogen (secondary N) is 1. The zero-order chi connectivity index (χ0) is 9.40. The molecule has 3 heteroatoms. The number of hydrogen-bond donors (Lipinski definition) is 2. The summed E-state index contributed by atoms with van der Waals surface area (Å²) in [5.74, 6) is -1.23. The van der Waals surface area contributed by atoms with Crippen LogP contribution in [0.15, 0.2) is 12.7 Å². The summed E-state index contributed by atoms with van der Waals surface area (Å²) in [7, 11) is 0. The van der Waals surface area contributed by atoms with Crippen LogP contribution in [0.2, 0.25) is 0 Å². The molecule has 1 unspecified atom stereocenters. The molecule has 68 valence electrons. The largest absolute Gasteiger partial charge is 0.481 e. The Hall–Kier alpha value is -1.12. The van der Waals surface area contributed by atoms with Crippen LogP contribution in [-0.2, 0) is 4.79 Å². The fourth-order valence-electron chi connectivity index (χ4n) is 0.953. The number of carboxylic acids is 1. The Bertz CT molecular complexity index is 166. The third-order valence-electron chi connectivity index (χ3n) is 1.72. The van der Waals surface area contributed by atoms with Gasteiger partial charge in [0, 0.05) is 0 Å². The van der Waals surface area contributed by atoms with E-state index in [2.05, 4.69) is 6.58 Å². The summed E-state index contributed by atoms with van der Waals surface area (Å²) in [5.41, 5.74) is 0. The molecular formula is C9H15NO2. The van der Waals surface area contributed by atoms with Crippen molar-refractivity contribution in [3.63, 3.8) is 0 Å². The fourth-order valence-corrected chi connectivity index (χ4v) is 0.953. The predicted molar refractivity (Wildman–Crippen MR) is 48.6 cm³/mol. The van der Waals surface area contributed by atoms with E-state index >= 15 is 0 Å². The molecule has 0 bridgehead atoms. The van der Waals surface area contributed by atoms with Gasteiger partial charge in [-0.05, 0) is 25.5 Å². The van der Waals surface area contributed by atoms with Crippen molar-refractivity contribution >= 4 is 12.2 Å². The van der Waals surface area contributed by atoms with Gasteiger partial charge < -0.3 is 10.5 Å². The summed E-state index contributed by atoms with van der Waals surface area (Å²) >= 11 is 0. The van der Waals surface area contributed by atoms with Gasteiger partial charge in [-0.2, -0.15) is 0 Å². The topological polar surface area (TPSA) is 61.2 Å². The molecule has 1 atom stereocenters. The highest BCUT2D eigenvalue weighted by Crippen LogP contribution is 2.10. The van der Waals surface area contributed by atoms with Crippen LogP contribution in [0.3, 0.4) is 0 Å². The molecular weight excluding hydrogens is 154 g/mol. The van der Waals surface area contributed by atoms with Crippen molar-refractivity contribution in [3.8, 4) is 0 Å². The van der Waals surface area contributed by atoms with Crippen LogP contribution in [-0.4, -0.2) is 17.3 Å². The smallest absolute Gasteiger partial charge is 0.310 e. The second-order valence-corrected chi connectivity index (χ2v) is 2.67. The molecule has 0 amide bonds. The molecule has 0 aliphatic carbocycles. The monoisotopic (exact) mass is 169 g/mol. The van der Waals surface area contributed by atoms with Crippen molar-refractivity contribution in [3.05, 3.63) is 12.7 Å². The molecule has 0 heterocycles. The van der Waals surface area contributed by atoms with Gasteiger partial charge in [-0.3, -0.25) is 4.79 Å². The summed E-state index contributed by atoms with van der Waals surface area (Å²) in [6.45, 7) is 3.46. The van der Waals surface area contributed by atoms with Gasteiger partial charge in [-0.25, -0.2) is 0 Å². The van der Waals surface area contributed by atoms with Crippen LogP contribution in [0.5, 0.6) is 0 Å². The first kappa shape index (κ1) is 10.9. The maximum absolute atomic E-state index is 10.5. The molecule has 3 nitrogen and oxygen atoms in total. The van der Waals surface area contributed by atoms with E-state index in [1.54, 1.807) is 0 Å². The molecule has 0 aromatic carbocycles. The van der Waals surface area contributed by atoms with Gasteiger partial charge >= 0.3 is 5.97 Å². The third kappa shape index (κ3) is 4.66. The molecule has 0 spiro atoms. The molecule has 0 aromatic rings. The van der Waals surface area contributed by atoms with Gasteiger partial charge in [-0.15, -0.1) is 6.58 Å². The molecule has 0 aliphatic heterocycles. The highest BCUT2D eigenvalue weighted by Gasteiger charge is 2.11. The lowest BCUT2D eigenvalue weighted by molar-refractivity contribution is -0.140. The van der Waals surface area contributed by atoms with E-state index in [1.165, 1.54) is 12.3 Å². The summed E-state index contributed by atoms with van der Waals surface area (Å²) < 4.78 is 0. The number of aliphatic carboxylic acids is 1. The molecule has 0 rings (SSSR count). The molecule has 0 aliphatic rings. The minimum Gasteiger partial charge on any atom is -0.481 e. The second kappa shape index (κ2) is 6.58. The molecule has 0 fully saturated rings. The van der Waals surface area contributed by atoms with Crippen LogP contribution in [0.1, 0.15) is 25.7 Å². The molecule has 0 aromatic heterocycles. The zero-order valence-corrected chi connectivity index (χ0v) is 7.12. The maximum atomic E-state index is 10.5. The summed E-state index contributed by atoms with van der Waals surface area (Å²) in [4.78, 5) is 10.5. The van der Waals surface area contributed by atoms with Crippen LogP contribution in [0.4, 0.5) is 0 Å². The first-order chi connectivity index (χ1) is 5.72. The summed E-state index contributed by atoms with van der Waals surface area (Å²) in [5, 5.41) is 15.4. The highest BCUT2D eigenvalue weighted by molar-refractivity contribution is 5.71. The normalized spacial score (nSPS) is 12.0. The molecule has 0 radical (unpaired) electrons. The minimum absolute atomic E-state index is 0.421. The Morgan fingerprint density at radius 3 is 2.67 bits per heavy atom. The van der Waals surface area contributed by atoms with Gasteiger partial charge in [0.2, 0.25) is 0 Å². The van der Waals surface area contributed by atoms with E-state index in [-0.39, 0.29) is 0 Å². The minimum atomic E-state index is -0.806. The zero-order valence-electron chi connectivity index (χ0n) is 7.12. The van der Waals surface area contributed by atoms with Gasteiger partial charge in [0.25, 0.3) is 0 Å². The quantitative estimate of drug-likeness (QED) is 0.348. The van der Waals surface area contributed by atoms with E-state index in [0.29, 0.717) is 6.42 Å². The lowest BCUT2D eigenvalue weighted by Gasteiger charge is -2.04. The predicted octanol–water partition coefficient (Wildman–Crippen LogP) is 2.08. The molecule has 12 heavy (non-hydrogen) atoms. The number of rotatable bonds is 7. The van der Waals surface area contributed by atoms with E-state index in [1.807, 2.05) is 0 Å². The Balaban J connectivity index is 3.51. The number of carboxylic acid groups (broad SMARTS) is 1. The van der Waals surface area contributed by atoms with Crippen molar-refractivity contribution in [2.45, 2.75) is 25.7 Å². The Morgan fingerprint density at radius 2 is 2.25 bits per heavy atom. The van der Waals surface area contributed by atoms with Crippen LogP contribution in [0.25, 0.3) is 0 Å². The maximum Gasteiger partial charge on any atom is 0.310 e. The van der Waals surface area contributed by atoms with E-state index in [9.17, 15) is 4.79 Å². The lowest BCUT2D eigenvalue weighted by Crippen LogP contribution is -2.10. The molecule has 0 saturated heterocycles. The average Bonchev–Trinajstić information content (AvgIpc) is 2.04. The molecule has 0 saturated carbocycles. The van der Waals surface area contributed by atoms with Crippen molar-refractivity contribution in [1.29, 1.82) is 5.41 Å². The fraction of sp³-hybridized carbons (Fsp3) is 0.556. The standard InChI is InChI=1S/C9H15NO2/c1-2-8(9(11)12)6-4-3-5-7-10/h2,7-8,10H,1,3-6H2,(H,11,12). The van der Waals surface area contributed by atoms with E-state index in [4.69, 9.17) is 10.5 Å². The van der Waals surface area contributed by atoms with Crippen LogP contribution >= 0.6 is 0 Å². The Kier molecular flexibility index (Phi) is 5.97. The SMILES string of the molecule is C=CC(CCCCC=N)C(=O)O. The number of hydrogen-bond acceptors (Lipinski definition) is 2. The van der Waals surface area contributed by atoms with Crippen LogP contribution < -0.4 is 0 Å². The average molecular weight is 169 g/mol. The van der Waals surface area contributed by atoms with Gasteiger partial charge in [0.15, 0.2) is 0 Å². The van der Waals surface area contributed by atoms with Crippen molar-refractivity contribution in [1.82, 2.24) is 0 Å². The Labute approximate surface area is 72.6 Å². The Morgan fingerprint density at radius 1 is 1.58 bits per heavy atom. The lowest BCUT2D eigenvalue weighted by atomic mass is 10.0. The summed E-state index contributed by atoms with van der Waals surface area (Å²) in [6, 6.07) is 0. The number of unbranched alkanes of at least 4 members (excludes halogenated alkanes) is 2. The third-order valence-corrected chi connectivity index (χ3v) is 1.72. The second-order valence-electron chi connectivity index (χ2n) is 2.67. The highest BCUT2D eigenvalue weighted by atomic mass is 16.4. The first-order valence-electron chi connectivity index (χ1n) is 4.06. The van der Waals surface area contributed by atoms with E-state index < -0.39 is 11.9 Å². The van der Waals surface area contributed by atoms with Gasteiger partial charge in [-0.1, -0.05) is 12.5 Å².